The van der Waals surface area contributed by atoms with Gasteiger partial charge in [-0.1, -0.05) is 11.8 Å². The van der Waals surface area contributed by atoms with Gasteiger partial charge in [0.1, 0.15) is 0 Å². The minimum atomic E-state index is -4.61. The van der Waals surface area contributed by atoms with E-state index in [0.717, 1.165) is 23.1 Å². The molecule has 22 heavy (non-hydrogen) atoms. The molecule has 0 saturated heterocycles. The van der Waals surface area contributed by atoms with Gasteiger partial charge in [0, 0.05) is 43.6 Å². The summed E-state index contributed by atoms with van der Waals surface area (Å²) in [5, 5.41) is 9.46. The molecule has 0 aliphatic carbocycles. The fourth-order valence-electron chi connectivity index (χ4n) is 1.75. The van der Waals surface area contributed by atoms with Gasteiger partial charge in [-0.15, -0.1) is 0 Å². The van der Waals surface area contributed by atoms with Gasteiger partial charge in [-0.2, -0.15) is 13.2 Å². The molecule has 120 valence electrons. The maximum atomic E-state index is 12.3. The van der Waals surface area contributed by atoms with Crippen LogP contribution in [-0.4, -0.2) is 46.8 Å². The van der Waals surface area contributed by atoms with Crippen LogP contribution in [0.15, 0.2) is 41.8 Å². The second kappa shape index (κ2) is 6.62. The lowest BCUT2D eigenvalue weighted by atomic mass is 10.2. The monoisotopic (exact) mass is 331 g/mol. The van der Waals surface area contributed by atoms with Crippen LogP contribution in [-0.2, 0) is 0 Å². The van der Waals surface area contributed by atoms with Crippen molar-refractivity contribution in [3.05, 3.63) is 36.7 Å². The lowest BCUT2D eigenvalue weighted by Gasteiger charge is -2.15. The minimum Gasteiger partial charge on any atom is -0.383 e. The van der Waals surface area contributed by atoms with E-state index in [4.69, 9.17) is 5.11 Å². The van der Waals surface area contributed by atoms with Crippen LogP contribution in [0.2, 0.25) is 0 Å². The smallest absolute Gasteiger partial charge is 0.383 e. The van der Waals surface area contributed by atoms with Crippen LogP contribution in [0.5, 0.6) is 0 Å². The lowest BCUT2D eigenvalue weighted by molar-refractivity contribution is -0.195. The summed E-state index contributed by atoms with van der Waals surface area (Å²) < 4.78 is 38.7. The molecule has 1 unspecified atom stereocenters. The van der Waals surface area contributed by atoms with E-state index >= 15 is 0 Å². The Kier molecular flexibility index (Phi) is 5.02. The van der Waals surface area contributed by atoms with Crippen LogP contribution in [0.3, 0.4) is 0 Å². The van der Waals surface area contributed by atoms with E-state index in [9.17, 15) is 13.2 Å². The Labute approximate surface area is 130 Å². The fraction of sp³-hybridized carbons (Fsp3) is 0.357. The molecule has 0 aliphatic rings. The molecule has 1 aromatic carbocycles. The number of hydrogen-bond acceptors (Lipinski definition) is 4. The molecule has 0 aliphatic heterocycles. The summed E-state index contributed by atoms with van der Waals surface area (Å²) in [7, 11) is 3.85. The number of thioether (sulfide) groups is 1. The molecule has 0 fully saturated rings. The van der Waals surface area contributed by atoms with Crippen LogP contribution in [0.1, 0.15) is 0 Å². The van der Waals surface area contributed by atoms with Gasteiger partial charge in [-0.3, -0.25) is 4.57 Å². The highest BCUT2D eigenvalue weighted by Crippen LogP contribution is 2.27. The maximum absolute atomic E-state index is 12.3. The van der Waals surface area contributed by atoms with E-state index in [0.29, 0.717) is 5.16 Å². The van der Waals surface area contributed by atoms with Gasteiger partial charge in [-0.05, 0) is 24.3 Å². The SMILES string of the molecule is CN(C)c1ccc(-n2ccnc2SCC(O)C(F)(F)F)cc1. The molecule has 0 radical (unpaired) electrons. The van der Waals surface area contributed by atoms with E-state index < -0.39 is 18.0 Å². The third-order valence-electron chi connectivity index (χ3n) is 3.00. The quantitative estimate of drug-likeness (QED) is 0.856. The van der Waals surface area contributed by atoms with Crippen LogP contribution >= 0.6 is 11.8 Å². The van der Waals surface area contributed by atoms with E-state index in [2.05, 4.69) is 4.98 Å². The molecule has 0 bridgehead atoms. The van der Waals surface area contributed by atoms with Crippen molar-refractivity contribution < 1.29 is 18.3 Å². The van der Waals surface area contributed by atoms with Gasteiger partial charge in [0.25, 0.3) is 0 Å². The first-order valence-electron chi connectivity index (χ1n) is 6.47. The molecule has 2 rings (SSSR count). The topological polar surface area (TPSA) is 41.3 Å². The Balaban J connectivity index is 2.12. The average molecular weight is 331 g/mol. The molecule has 1 atom stereocenters. The zero-order valence-corrected chi connectivity index (χ0v) is 12.9. The number of hydrogen-bond donors (Lipinski definition) is 1. The molecule has 1 aromatic heterocycles. The number of nitrogens with zero attached hydrogens (tertiary/aromatic N) is 3. The summed E-state index contributed by atoms with van der Waals surface area (Å²) in [5.74, 6) is -0.490. The highest BCUT2D eigenvalue weighted by atomic mass is 32.2. The molecule has 0 saturated carbocycles. The zero-order valence-electron chi connectivity index (χ0n) is 12.1. The highest BCUT2D eigenvalue weighted by molar-refractivity contribution is 7.99. The number of aliphatic hydroxyl groups excluding tert-OH is 1. The van der Waals surface area contributed by atoms with Gasteiger partial charge in [-0.25, -0.2) is 4.98 Å². The Morgan fingerprint density at radius 3 is 2.45 bits per heavy atom. The summed E-state index contributed by atoms with van der Waals surface area (Å²) in [6, 6.07) is 7.55. The summed E-state index contributed by atoms with van der Waals surface area (Å²) in [4.78, 5) is 5.99. The van der Waals surface area contributed by atoms with E-state index in [1.807, 2.05) is 43.3 Å². The number of halogens is 3. The first-order chi connectivity index (χ1) is 10.3. The Morgan fingerprint density at radius 2 is 1.91 bits per heavy atom. The number of imidazole rings is 1. The molecular weight excluding hydrogens is 315 g/mol. The molecular formula is C14H16F3N3OS. The van der Waals surface area contributed by atoms with Crippen molar-refractivity contribution >= 4 is 17.4 Å². The Hall–Kier alpha value is -1.67. The van der Waals surface area contributed by atoms with Gasteiger partial charge < -0.3 is 10.0 Å². The van der Waals surface area contributed by atoms with Crippen molar-refractivity contribution in [2.75, 3.05) is 24.7 Å². The van der Waals surface area contributed by atoms with Crippen LogP contribution in [0, 0.1) is 0 Å². The van der Waals surface area contributed by atoms with Crippen molar-refractivity contribution in [3.63, 3.8) is 0 Å². The molecule has 2 aromatic rings. The minimum absolute atomic E-state index is 0.404. The highest BCUT2D eigenvalue weighted by Gasteiger charge is 2.38. The van der Waals surface area contributed by atoms with Crippen molar-refractivity contribution in [1.82, 2.24) is 9.55 Å². The number of aromatic nitrogens is 2. The van der Waals surface area contributed by atoms with E-state index in [1.165, 1.54) is 6.20 Å². The number of alkyl halides is 3. The summed E-state index contributed by atoms with van der Waals surface area (Å²) in [6.45, 7) is 0. The average Bonchev–Trinajstić information content (AvgIpc) is 2.92. The largest absolute Gasteiger partial charge is 0.415 e. The molecule has 4 nitrogen and oxygen atoms in total. The second-order valence-electron chi connectivity index (χ2n) is 4.86. The van der Waals surface area contributed by atoms with Gasteiger partial charge in [0.2, 0.25) is 0 Å². The van der Waals surface area contributed by atoms with Crippen molar-refractivity contribution in [2.45, 2.75) is 17.4 Å². The predicted octanol–water partition coefficient (Wildman–Crippen LogP) is 2.95. The van der Waals surface area contributed by atoms with Crippen LogP contribution in [0.4, 0.5) is 18.9 Å². The van der Waals surface area contributed by atoms with E-state index in [1.54, 1.807) is 10.8 Å². The summed E-state index contributed by atoms with van der Waals surface area (Å²) in [6.07, 6.45) is -3.79. The molecule has 1 heterocycles. The zero-order chi connectivity index (χ0) is 16.3. The maximum Gasteiger partial charge on any atom is 0.415 e. The lowest BCUT2D eigenvalue weighted by Crippen LogP contribution is -2.30. The Bertz CT molecular complexity index is 611. The molecule has 1 N–H and O–H groups in total. The summed E-state index contributed by atoms with van der Waals surface area (Å²) >= 11 is 0.865. The van der Waals surface area contributed by atoms with Gasteiger partial charge in [0.15, 0.2) is 11.3 Å². The first-order valence-corrected chi connectivity index (χ1v) is 7.46. The van der Waals surface area contributed by atoms with Crippen LogP contribution < -0.4 is 4.90 Å². The second-order valence-corrected chi connectivity index (χ2v) is 5.85. The van der Waals surface area contributed by atoms with Crippen LogP contribution in [0.25, 0.3) is 5.69 Å². The number of benzene rings is 1. The summed E-state index contributed by atoms with van der Waals surface area (Å²) in [5.41, 5.74) is 1.82. The first kappa shape index (κ1) is 16.7. The number of aliphatic hydroxyl groups is 1. The fourth-order valence-corrected chi connectivity index (χ4v) is 2.69. The standard InChI is InChI=1S/C14H16F3N3OS/c1-19(2)10-3-5-11(6-4-10)20-8-7-18-13(20)22-9-12(21)14(15,16)17/h3-8,12,21H,9H2,1-2H3. The molecule has 8 heteroatoms. The van der Waals surface area contributed by atoms with Crippen molar-refractivity contribution in [2.24, 2.45) is 0 Å². The van der Waals surface area contributed by atoms with E-state index in [-0.39, 0.29) is 0 Å². The Morgan fingerprint density at radius 1 is 1.27 bits per heavy atom. The van der Waals surface area contributed by atoms with Crippen molar-refractivity contribution in [1.29, 1.82) is 0 Å². The molecule has 0 spiro atoms. The third-order valence-corrected chi connectivity index (χ3v) is 4.04. The number of anilines is 1. The van der Waals surface area contributed by atoms with Gasteiger partial charge in [0.05, 0.1) is 0 Å². The normalized spacial score (nSPS) is 13.2. The van der Waals surface area contributed by atoms with Crippen molar-refractivity contribution in [3.8, 4) is 5.69 Å². The van der Waals surface area contributed by atoms with Gasteiger partial charge >= 0.3 is 6.18 Å². The molecule has 0 amide bonds. The number of rotatable bonds is 5. The predicted molar refractivity (Wildman–Crippen MR) is 80.7 cm³/mol. The third kappa shape index (κ3) is 3.95.